The Morgan fingerprint density at radius 2 is 1.68 bits per heavy atom. The van der Waals surface area contributed by atoms with Gasteiger partial charge in [0.05, 0.1) is 18.8 Å². The van der Waals surface area contributed by atoms with Crippen LogP contribution in [0.15, 0.2) is 48.2 Å². The number of morpholine rings is 1. The second-order valence-corrected chi connectivity index (χ2v) is 8.35. The highest BCUT2D eigenvalue weighted by Gasteiger charge is 2.39. The van der Waals surface area contributed by atoms with Crippen molar-refractivity contribution in [1.82, 2.24) is 9.80 Å². The minimum atomic E-state index is -0.345. The van der Waals surface area contributed by atoms with E-state index < -0.39 is 0 Å². The average molecular weight is 460 g/mol. The fourth-order valence-electron chi connectivity index (χ4n) is 3.72. The van der Waals surface area contributed by atoms with Crippen molar-refractivity contribution in [1.29, 1.82) is 0 Å². The Morgan fingerprint density at radius 3 is 2.39 bits per heavy atom. The van der Waals surface area contributed by atoms with Gasteiger partial charge in [-0.2, -0.15) is 0 Å². The van der Waals surface area contributed by atoms with Crippen LogP contribution in [-0.4, -0.2) is 61.0 Å². The number of nitrogens with zero attached hydrogens (tertiary/aromatic N) is 2. The largest absolute Gasteiger partial charge is 0.379 e. The molecule has 0 spiro atoms. The van der Waals surface area contributed by atoms with Crippen molar-refractivity contribution in [2.24, 2.45) is 0 Å². The van der Waals surface area contributed by atoms with Crippen LogP contribution in [0.2, 0.25) is 10.0 Å². The number of hydrogen-bond donors (Lipinski definition) is 1. The molecule has 0 saturated carbocycles. The lowest BCUT2D eigenvalue weighted by molar-refractivity contribution is -0.137. The van der Waals surface area contributed by atoms with Crippen molar-refractivity contribution in [3.8, 4) is 0 Å². The minimum absolute atomic E-state index is 0.250. The minimum Gasteiger partial charge on any atom is -0.379 e. The topological polar surface area (TPSA) is 61.9 Å². The van der Waals surface area contributed by atoms with E-state index in [9.17, 15) is 9.59 Å². The van der Waals surface area contributed by atoms with E-state index in [1.807, 2.05) is 13.0 Å². The molecule has 0 unspecified atom stereocenters. The van der Waals surface area contributed by atoms with E-state index >= 15 is 0 Å². The number of nitrogens with one attached hydrogen (secondary N) is 1. The monoisotopic (exact) mass is 459 g/mol. The lowest BCUT2D eigenvalue weighted by Gasteiger charge is -2.28. The summed E-state index contributed by atoms with van der Waals surface area (Å²) in [6.07, 6.45) is 0. The number of amides is 2. The first-order chi connectivity index (χ1) is 15.0. The molecule has 2 heterocycles. The van der Waals surface area contributed by atoms with E-state index in [1.54, 1.807) is 36.4 Å². The van der Waals surface area contributed by atoms with Crippen LogP contribution < -0.4 is 5.32 Å². The standard InChI is InChI=1S/C23H23Cl2N3O3/c1-15-18(25)3-2-4-19(15)26-21-20(16-5-7-17(24)8-6-16)22(29)28(23(21)30)10-9-27-11-13-31-14-12-27/h2-8,26H,9-14H2,1H3. The molecule has 0 atom stereocenters. The van der Waals surface area contributed by atoms with Gasteiger partial charge in [0.2, 0.25) is 0 Å². The van der Waals surface area contributed by atoms with E-state index in [0.29, 0.717) is 53.2 Å². The maximum atomic E-state index is 13.3. The molecule has 0 bridgehead atoms. The van der Waals surface area contributed by atoms with Crippen LogP contribution in [0.1, 0.15) is 11.1 Å². The smallest absolute Gasteiger partial charge is 0.278 e. The third-order valence-electron chi connectivity index (χ3n) is 5.57. The molecule has 2 aromatic rings. The van der Waals surface area contributed by atoms with Crippen molar-refractivity contribution < 1.29 is 14.3 Å². The van der Waals surface area contributed by atoms with Crippen LogP contribution in [0.25, 0.3) is 5.57 Å². The molecule has 162 valence electrons. The normalized spacial score (nSPS) is 17.6. The average Bonchev–Trinajstić information content (AvgIpc) is 3.00. The Morgan fingerprint density at radius 1 is 0.968 bits per heavy atom. The third-order valence-corrected chi connectivity index (χ3v) is 6.23. The van der Waals surface area contributed by atoms with Gasteiger partial charge in [-0.3, -0.25) is 19.4 Å². The zero-order chi connectivity index (χ0) is 22.0. The van der Waals surface area contributed by atoms with Crippen LogP contribution in [0.5, 0.6) is 0 Å². The van der Waals surface area contributed by atoms with E-state index in [0.717, 1.165) is 18.7 Å². The summed E-state index contributed by atoms with van der Waals surface area (Å²) >= 11 is 12.3. The second-order valence-electron chi connectivity index (χ2n) is 7.51. The van der Waals surface area contributed by atoms with Gasteiger partial charge in [0.25, 0.3) is 11.8 Å². The Labute approximate surface area is 191 Å². The number of ether oxygens (including phenoxy) is 1. The van der Waals surface area contributed by atoms with Gasteiger partial charge in [-0.05, 0) is 42.3 Å². The molecule has 1 saturated heterocycles. The number of carbonyl (C=O) groups excluding carboxylic acids is 2. The number of anilines is 1. The summed E-state index contributed by atoms with van der Waals surface area (Å²) in [5.41, 5.74) is 2.71. The third kappa shape index (κ3) is 4.62. The van der Waals surface area contributed by atoms with Gasteiger partial charge in [0.15, 0.2) is 0 Å². The van der Waals surface area contributed by atoms with E-state index in [1.165, 1.54) is 4.90 Å². The molecule has 0 aromatic heterocycles. The van der Waals surface area contributed by atoms with Crippen LogP contribution in [0.3, 0.4) is 0 Å². The molecular formula is C23H23Cl2N3O3. The molecular weight excluding hydrogens is 437 g/mol. The van der Waals surface area contributed by atoms with Gasteiger partial charge in [-0.15, -0.1) is 0 Å². The Balaban J connectivity index is 1.65. The molecule has 31 heavy (non-hydrogen) atoms. The first-order valence-electron chi connectivity index (χ1n) is 10.1. The molecule has 6 nitrogen and oxygen atoms in total. The van der Waals surface area contributed by atoms with E-state index in [2.05, 4.69) is 10.2 Å². The fourth-order valence-corrected chi connectivity index (χ4v) is 4.02. The van der Waals surface area contributed by atoms with Crippen LogP contribution in [0.4, 0.5) is 5.69 Å². The molecule has 2 aliphatic heterocycles. The number of halogens is 2. The zero-order valence-corrected chi connectivity index (χ0v) is 18.7. The number of rotatable bonds is 6. The maximum Gasteiger partial charge on any atom is 0.278 e. The maximum absolute atomic E-state index is 13.3. The molecule has 2 aromatic carbocycles. The molecule has 4 rings (SSSR count). The lowest BCUT2D eigenvalue weighted by atomic mass is 10.0. The van der Waals surface area contributed by atoms with Crippen LogP contribution in [-0.2, 0) is 14.3 Å². The van der Waals surface area contributed by atoms with E-state index in [4.69, 9.17) is 27.9 Å². The fraction of sp³-hybridized carbons (Fsp3) is 0.304. The summed E-state index contributed by atoms with van der Waals surface area (Å²) in [6.45, 7) is 5.70. The number of benzene rings is 2. The van der Waals surface area contributed by atoms with Gasteiger partial charge in [-0.25, -0.2) is 0 Å². The van der Waals surface area contributed by atoms with Gasteiger partial charge in [-0.1, -0.05) is 41.4 Å². The SMILES string of the molecule is Cc1c(Cl)cccc1NC1=C(c2ccc(Cl)cc2)C(=O)N(CCN2CCOCC2)C1=O. The highest BCUT2D eigenvalue weighted by molar-refractivity contribution is 6.37. The Bertz CT molecular complexity index is 1030. The summed E-state index contributed by atoms with van der Waals surface area (Å²) in [5.74, 6) is -0.662. The van der Waals surface area contributed by atoms with Gasteiger partial charge < -0.3 is 10.1 Å². The Kier molecular flexibility index (Phi) is 6.62. The number of imide groups is 1. The molecule has 1 N–H and O–H groups in total. The second kappa shape index (κ2) is 9.40. The summed E-state index contributed by atoms with van der Waals surface area (Å²) in [6, 6.07) is 12.3. The number of hydrogen-bond acceptors (Lipinski definition) is 5. The van der Waals surface area contributed by atoms with Crippen molar-refractivity contribution in [3.63, 3.8) is 0 Å². The zero-order valence-electron chi connectivity index (χ0n) is 17.2. The molecule has 0 aliphatic carbocycles. The summed E-state index contributed by atoms with van der Waals surface area (Å²) in [4.78, 5) is 30.2. The van der Waals surface area contributed by atoms with Crippen LogP contribution in [0, 0.1) is 6.92 Å². The summed E-state index contributed by atoms with van der Waals surface area (Å²) in [7, 11) is 0. The van der Waals surface area contributed by atoms with Crippen LogP contribution >= 0.6 is 23.2 Å². The van der Waals surface area contributed by atoms with Crippen molar-refractivity contribution >= 4 is 46.3 Å². The first kappa shape index (κ1) is 21.8. The van der Waals surface area contributed by atoms with Gasteiger partial charge in [0, 0.05) is 41.9 Å². The molecule has 2 amide bonds. The molecule has 0 radical (unpaired) electrons. The van der Waals surface area contributed by atoms with E-state index in [-0.39, 0.29) is 17.5 Å². The van der Waals surface area contributed by atoms with Crippen molar-refractivity contribution in [3.05, 3.63) is 69.3 Å². The molecule has 2 aliphatic rings. The number of carbonyl (C=O) groups is 2. The summed E-state index contributed by atoms with van der Waals surface area (Å²) < 4.78 is 5.37. The quantitative estimate of drug-likeness (QED) is 0.665. The highest BCUT2D eigenvalue weighted by Crippen LogP contribution is 2.33. The molecule has 1 fully saturated rings. The summed E-state index contributed by atoms with van der Waals surface area (Å²) in [5, 5.41) is 4.32. The van der Waals surface area contributed by atoms with Gasteiger partial charge >= 0.3 is 0 Å². The molecule has 8 heteroatoms. The van der Waals surface area contributed by atoms with Crippen molar-refractivity contribution in [2.45, 2.75) is 6.92 Å². The predicted molar refractivity (Wildman–Crippen MR) is 122 cm³/mol. The van der Waals surface area contributed by atoms with Crippen molar-refractivity contribution in [2.75, 3.05) is 44.7 Å². The lowest BCUT2D eigenvalue weighted by Crippen LogP contribution is -2.43. The first-order valence-corrected chi connectivity index (χ1v) is 10.9. The Hall–Kier alpha value is -2.38. The van der Waals surface area contributed by atoms with Gasteiger partial charge in [0.1, 0.15) is 5.70 Å². The predicted octanol–water partition coefficient (Wildman–Crippen LogP) is 3.83. The highest BCUT2D eigenvalue weighted by atomic mass is 35.5.